The maximum atomic E-state index is 12.6. The van der Waals surface area contributed by atoms with Crippen molar-refractivity contribution in [3.8, 4) is 11.5 Å². The molecular formula is C21H24F2N2O3. The Labute approximate surface area is 162 Å². The minimum atomic E-state index is -2.95. The molecular weight excluding hydrogens is 366 g/mol. The second-order valence-electron chi connectivity index (χ2n) is 6.94. The van der Waals surface area contributed by atoms with E-state index < -0.39 is 6.61 Å². The average molecular weight is 390 g/mol. The number of aromatic hydroxyl groups is 1. The Bertz CT molecular complexity index is 790. The largest absolute Gasteiger partial charge is 0.508 e. The summed E-state index contributed by atoms with van der Waals surface area (Å²) in [7, 11) is 0. The molecule has 1 heterocycles. The van der Waals surface area contributed by atoms with Crippen LogP contribution in [0.2, 0.25) is 0 Å². The van der Waals surface area contributed by atoms with E-state index in [-0.39, 0.29) is 29.1 Å². The molecule has 2 N–H and O–H groups in total. The first-order valence-corrected chi connectivity index (χ1v) is 9.31. The fourth-order valence-corrected chi connectivity index (χ4v) is 3.54. The van der Waals surface area contributed by atoms with Gasteiger partial charge in [-0.2, -0.15) is 8.78 Å². The molecule has 3 rings (SSSR count). The van der Waals surface area contributed by atoms with Gasteiger partial charge in [0.25, 0.3) is 0 Å². The molecule has 0 aromatic heterocycles. The Morgan fingerprint density at radius 1 is 1.14 bits per heavy atom. The predicted octanol–water partition coefficient (Wildman–Crippen LogP) is 4.20. The molecule has 5 nitrogen and oxygen atoms in total. The lowest BCUT2D eigenvalue weighted by atomic mass is 9.89. The van der Waals surface area contributed by atoms with Crippen LogP contribution in [0.15, 0.2) is 48.5 Å². The molecule has 28 heavy (non-hydrogen) atoms. The number of para-hydroxylation sites is 2. The molecule has 2 aromatic rings. The van der Waals surface area contributed by atoms with Crippen LogP contribution in [0.25, 0.3) is 0 Å². The summed E-state index contributed by atoms with van der Waals surface area (Å²) in [5, 5.41) is 12.1. The third-order valence-electron chi connectivity index (χ3n) is 5.18. The number of carbonyl (C=O) groups is 1. The summed E-state index contributed by atoms with van der Waals surface area (Å²) in [6.07, 6.45) is 1.82. The van der Waals surface area contributed by atoms with Crippen LogP contribution in [0.5, 0.6) is 11.5 Å². The van der Waals surface area contributed by atoms with Crippen molar-refractivity contribution in [2.45, 2.75) is 38.3 Å². The first kappa shape index (κ1) is 20.1. The van der Waals surface area contributed by atoms with Gasteiger partial charge in [0.1, 0.15) is 11.5 Å². The molecule has 0 spiro atoms. The van der Waals surface area contributed by atoms with Crippen molar-refractivity contribution in [1.29, 1.82) is 0 Å². The van der Waals surface area contributed by atoms with Gasteiger partial charge in [-0.1, -0.05) is 24.3 Å². The number of hydrogen-bond donors (Lipinski definition) is 2. The second kappa shape index (κ2) is 9.01. The Morgan fingerprint density at radius 2 is 1.79 bits per heavy atom. The summed E-state index contributed by atoms with van der Waals surface area (Å²) >= 11 is 0. The molecule has 0 saturated carbocycles. The normalized spacial score (nSPS) is 16.7. The minimum absolute atomic E-state index is 0.0518. The lowest BCUT2D eigenvalue weighted by Crippen LogP contribution is -2.45. The zero-order valence-corrected chi connectivity index (χ0v) is 15.6. The highest BCUT2D eigenvalue weighted by atomic mass is 19.3. The van der Waals surface area contributed by atoms with E-state index >= 15 is 0 Å². The summed E-state index contributed by atoms with van der Waals surface area (Å²) in [5.41, 5.74) is 1.42. The van der Waals surface area contributed by atoms with Crippen LogP contribution in [0, 0.1) is 0 Å². The number of amides is 1. The Morgan fingerprint density at radius 3 is 2.43 bits per heavy atom. The Hall–Kier alpha value is -2.67. The number of nitrogens with zero attached hydrogens (tertiary/aromatic N) is 1. The molecule has 150 valence electrons. The fourth-order valence-electron chi connectivity index (χ4n) is 3.54. The van der Waals surface area contributed by atoms with Crippen molar-refractivity contribution in [2.75, 3.05) is 18.4 Å². The van der Waals surface area contributed by atoms with Crippen LogP contribution in [0.3, 0.4) is 0 Å². The maximum Gasteiger partial charge on any atom is 0.387 e. The van der Waals surface area contributed by atoms with E-state index in [9.17, 15) is 18.7 Å². The van der Waals surface area contributed by atoms with Crippen molar-refractivity contribution in [3.63, 3.8) is 0 Å². The van der Waals surface area contributed by atoms with Crippen LogP contribution in [-0.2, 0) is 4.79 Å². The molecule has 1 amide bonds. The molecule has 1 atom stereocenters. The van der Waals surface area contributed by atoms with Gasteiger partial charge >= 0.3 is 6.61 Å². The summed E-state index contributed by atoms with van der Waals surface area (Å²) < 4.78 is 29.5. The van der Waals surface area contributed by atoms with Crippen LogP contribution < -0.4 is 10.1 Å². The number of rotatable bonds is 6. The molecule has 1 aliphatic heterocycles. The van der Waals surface area contributed by atoms with E-state index in [4.69, 9.17) is 0 Å². The highest BCUT2D eigenvalue weighted by molar-refractivity contribution is 5.95. The number of halogens is 2. The van der Waals surface area contributed by atoms with Crippen molar-refractivity contribution >= 4 is 11.6 Å². The summed E-state index contributed by atoms with van der Waals surface area (Å²) in [6, 6.07) is 13.0. The SMILES string of the molecule is C[C@H](C(=O)Nc1ccccc1OC(F)F)N1CCC(c2ccc(O)cc2)CC1. The Kier molecular flexibility index (Phi) is 6.46. The Balaban J connectivity index is 1.57. The lowest BCUT2D eigenvalue weighted by molar-refractivity contribution is -0.121. The third kappa shape index (κ3) is 4.98. The van der Waals surface area contributed by atoms with Gasteiger partial charge < -0.3 is 15.2 Å². The number of nitrogens with one attached hydrogen (secondary N) is 1. The standard InChI is InChI=1S/C21H24F2N2O3/c1-14(20(27)24-18-4-2-3-5-19(18)28-21(22)23)25-12-10-16(11-13-25)15-6-8-17(26)9-7-15/h2-9,14,16,21,26H,10-13H2,1H3,(H,24,27)/t14-/m1/s1. The third-order valence-corrected chi connectivity index (χ3v) is 5.18. The van der Waals surface area contributed by atoms with Gasteiger partial charge in [-0.05, 0) is 68.6 Å². The molecule has 7 heteroatoms. The first-order valence-electron chi connectivity index (χ1n) is 9.31. The van der Waals surface area contributed by atoms with E-state index in [2.05, 4.69) is 15.0 Å². The zero-order chi connectivity index (χ0) is 20.1. The molecule has 0 bridgehead atoms. The van der Waals surface area contributed by atoms with Crippen molar-refractivity contribution in [2.24, 2.45) is 0 Å². The van der Waals surface area contributed by atoms with Crippen molar-refractivity contribution in [1.82, 2.24) is 4.90 Å². The van der Waals surface area contributed by atoms with Gasteiger partial charge in [0, 0.05) is 0 Å². The van der Waals surface area contributed by atoms with Crippen LogP contribution in [-0.4, -0.2) is 41.7 Å². The monoisotopic (exact) mass is 390 g/mol. The number of anilines is 1. The summed E-state index contributed by atoms with van der Waals surface area (Å²) in [6.45, 7) is 0.381. The number of likely N-dealkylation sites (tertiary alicyclic amines) is 1. The molecule has 1 aliphatic rings. The molecule has 1 fully saturated rings. The molecule has 0 aliphatic carbocycles. The number of piperidine rings is 1. The summed E-state index contributed by atoms with van der Waals surface area (Å²) in [5.74, 6) is 0.340. The van der Waals surface area contributed by atoms with Crippen molar-refractivity contribution in [3.05, 3.63) is 54.1 Å². The molecule has 0 radical (unpaired) electrons. The van der Waals surface area contributed by atoms with Gasteiger partial charge in [0.15, 0.2) is 0 Å². The maximum absolute atomic E-state index is 12.6. The number of ether oxygens (including phenoxy) is 1. The van der Waals surface area contributed by atoms with Crippen LogP contribution in [0.4, 0.5) is 14.5 Å². The molecule has 2 aromatic carbocycles. The van der Waals surface area contributed by atoms with Crippen LogP contribution in [0.1, 0.15) is 31.2 Å². The average Bonchev–Trinajstić information content (AvgIpc) is 2.69. The molecule has 1 saturated heterocycles. The second-order valence-corrected chi connectivity index (χ2v) is 6.94. The highest BCUT2D eigenvalue weighted by Gasteiger charge is 2.27. The predicted molar refractivity (Wildman–Crippen MR) is 103 cm³/mol. The van der Waals surface area contributed by atoms with Gasteiger partial charge in [-0.25, -0.2) is 0 Å². The van der Waals surface area contributed by atoms with Gasteiger partial charge in [0.05, 0.1) is 11.7 Å². The topological polar surface area (TPSA) is 61.8 Å². The number of benzene rings is 2. The van der Waals surface area contributed by atoms with Gasteiger partial charge in [-0.15, -0.1) is 0 Å². The highest BCUT2D eigenvalue weighted by Crippen LogP contribution is 2.30. The quantitative estimate of drug-likeness (QED) is 0.776. The zero-order valence-electron chi connectivity index (χ0n) is 15.6. The lowest BCUT2D eigenvalue weighted by Gasteiger charge is -2.35. The smallest absolute Gasteiger partial charge is 0.387 e. The fraction of sp³-hybridized carbons (Fsp3) is 0.381. The number of phenolic OH excluding ortho intramolecular Hbond substituents is 1. The molecule has 0 unspecified atom stereocenters. The van der Waals surface area contributed by atoms with E-state index in [0.717, 1.165) is 25.9 Å². The number of carbonyl (C=O) groups excluding carboxylic acids is 1. The van der Waals surface area contributed by atoms with Gasteiger partial charge in [-0.3, -0.25) is 9.69 Å². The number of alkyl halides is 2. The number of hydrogen-bond acceptors (Lipinski definition) is 4. The first-order chi connectivity index (χ1) is 13.4. The summed E-state index contributed by atoms with van der Waals surface area (Å²) in [4.78, 5) is 14.7. The van der Waals surface area contributed by atoms with Crippen LogP contribution >= 0.6 is 0 Å². The van der Waals surface area contributed by atoms with E-state index in [1.54, 1.807) is 30.3 Å². The van der Waals surface area contributed by atoms with E-state index in [0.29, 0.717) is 5.92 Å². The minimum Gasteiger partial charge on any atom is -0.508 e. The van der Waals surface area contributed by atoms with Crippen molar-refractivity contribution < 1.29 is 23.4 Å². The van der Waals surface area contributed by atoms with Gasteiger partial charge in [0.2, 0.25) is 5.91 Å². The van der Waals surface area contributed by atoms with E-state index in [1.165, 1.54) is 11.6 Å². The van der Waals surface area contributed by atoms with E-state index in [1.807, 2.05) is 19.1 Å². The number of phenols is 1.